The predicted molar refractivity (Wildman–Crippen MR) is 137 cm³/mol. The third-order valence-electron chi connectivity index (χ3n) is 7.87. The van der Waals surface area contributed by atoms with Crippen molar-refractivity contribution in [2.75, 3.05) is 0 Å². The van der Waals surface area contributed by atoms with E-state index in [1.54, 1.807) is 18.5 Å². The van der Waals surface area contributed by atoms with Crippen LogP contribution in [0.3, 0.4) is 0 Å². The van der Waals surface area contributed by atoms with Gasteiger partial charge in [-0.3, -0.25) is 9.36 Å². The van der Waals surface area contributed by atoms with Crippen molar-refractivity contribution in [3.63, 3.8) is 0 Å². The summed E-state index contributed by atoms with van der Waals surface area (Å²) in [5, 5.41) is 9.70. The largest absolute Gasteiger partial charge is 0.296 e. The second-order valence-electron chi connectivity index (χ2n) is 10.0. The second kappa shape index (κ2) is 8.59. The van der Waals surface area contributed by atoms with Crippen LogP contribution in [0.25, 0.3) is 28.2 Å². The Morgan fingerprint density at radius 3 is 2.59 bits per heavy atom. The predicted octanol–water partition coefficient (Wildman–Crippen LogP) is 5.62. The van der Waals surface area contributed by atoms with Crippen LogP contribution in [0.15, 0.2) is 78.9 Å². The normalized spacial score (nSPS) is 22.5. The zero-order valence-corrected chi connectivity index (χ0v) is 20.5. The number of carbonyl (C=O) groups is 1. The first-order valence-electron chi connectivity index (χ1n) is 12.3. The fourth-order valence-corrected chi connectivity index (χ4v) is 6.09. The zero-order chi connectivity index (χ0) is 25.7. The molecule has 6 nitrogen and oxygen atoms in total. The van der Waals surface area contributed by atoms with Crippen LogP contribution in [0.1, 0.15) is 31.7 Å². The molecule has 182 valence electrons. The standard InChI is InChI=1S/C30H24FN5O/c1-18-25-9-10-26-28(30(25,2)13-21(14-32)27(18)37)35-29(36(26)24-8-4-7-23(31)12-24)20-6-3-5-19(11-20)22-15-33-17-34-16-22/h3-8,11-13,15-18,25H,9-10H2,1-2H3/t18-,25-,30-/m1/s1. The van der Waals surface area contributed by atoms with Gasteiger partial charge in [0.2, 0.25) is 0 Å². The molecule has 3 atom stereocenters. The van der Waals surface area contributed by atoms with Crippen LogP contribution in [-0.4, -0.2) is 25.3 Å². The minimum absolute atomic E-state index is 0.0288. The van der Waals surface area contributed by atoms with Crippen LogP contribution >= 0.6 is 0 Å². The van der Waals surface area contributed by atoms with Gasteiger partial charge < -0.3 is 0 Å². The minimum Gasteiger partial charge on any atom is -0.296 e. The highest BCUT2D eigenvalue weighted by atomic mass is 19.1. The highest BCUT2D eigenvalue weighted by Gasteiger charge is 2.50. The lowest BCUT2D eigenvalue weighted by molar-refractivity contribution is -0.121. The number of Topliss-reactive ketones (excluding diaryl/α,β-unsaturated/α-hetero) is 1. The molecule has 0 fully saturated rings. The Morgan fingerprint density at radius 1 is 1.08 bits per heavy atom. The van der Waals surface area contributed by atoms with Gasteiger partial charge in [0, 0.05) is 40.5 Å². The van der Waals surface area contributed by atoms with Gasteiger partial charge in [-0.05, 0) is 48.6 Å². The fourth-order valence-electron chi connectivity index (χ4n) is 6.09. The Labute approximate surface area is 214 Å². The number of fused-ring (bicyclic) bond motifs is 3. The van der Waals surface area contributed by atoms with Gasteiger partial charge >= 0.3 is 0 Å². The van der Waals surface area contributed by atoms with Crippen LogP contribution in [-0.2, 0) is 16.6 Å². The molecular formula is C30H24FN5O. The number of hydrogen-bond donors (Lipinski definition) is 0. The Hall–Kier alpha value is -4.44. The second-order valence-corrected chi connectivity index (χ2v) is 10.0. The van der Waals surface area contributed by atoms with E-state index in [1.807, 2.05) is 47.9 Å². The van der Waals surface area contributed by atoms with Gasteiger partial charge in [-0.1, -0.05) is 44.2 Å². The molecule has 2 aromatic heterocycles. The Kier molecular flexibility index (Phi) is 5.34. The summed E-state index contributed by atoms with van der Waals surface area (Å²) in [4.78, 5) is 26.3. The first-order chi connectivity index (χ1) is 17.9. The van der Waals surface area contributed by atoms with Gasteiger partial charge in [0.15, 0.2) is 5.78 Å². The molecule has 37 heavy (non-hydrogen) atoms. The van der Waals surface area contributed by atoms with E-state index >= 15 is 0 Å². The van der Waals surface area contributed by atoms with Crippen molar-refractivity contribution in [1.29, 1.82) is 5.26 Å². The van der Waals surface area contributed by atoms with Crippen LogP contribution in [0, 0.1) is 29.0 Å². The molecular weight excluding hydrogens is 465 g/mol. The number of nitrogens with zero attached hydrogens (tertiary/aromatic N) is 5. The summed E-state index contributed by atoms with van der Waals surface area (Å²) in [5.41, 5.74) is 4.78. The number of imidazole rings is 1. The zero-order valence-electron chi connectivity index (χ0n) is 20.5. The third kappa shape index (κ3) is 3.60. The Bertz CT molecular complexity index is 1620. The number of halogens is 1. The van der Waals surface area contributed by atoms with Crippen LogP contribution in [0.5, 0.6) is 0 Å². The van der Waals surface area contributed by atoms with Crippen molar-refractivity contribution in [2.24, 2.45) is 11.8 Å². The first kappa shape index (κ1) is 23.0. The lowest BCUT2D eigenvalue weighted by Gasteiger charge is -2.44. The molecule has 0 unspecified atom stereocenters. The van der Waals surface area contributed by atoms with Gasteiger partial charge in [-0.2, -0.15) is 5.26 Å². The highest BCUT2D eigenvalue weighted by Crippen LogP contribution is 2.50. The lowest BCUT2D eigenvalue weighted by atomic mass is 9.58. The molecule has 7 heteroatoms. The van der Waals surface area contributed by atoms with E-state index in [0.717, 1.165) is 34.5 Å². The Balaban J connectivity index is 1.61. The smallest absolute Gasteiger partial charge is 0.176 e. The van der Waals surface area contributed by atoms with Crippen molar-refractivity contribution in [3.8, 4) is 34.3 Å². The summed E-state index contributed by atoms with van der Waals surface area (Å²) in [6, 6.07) is 16.6. The SMILES string of the molecule is C[C@H]1C(=O)C(C#N)=C[C@@]2(C)c3nc(-c4cccc(-c5cncnc5)c4)n(-c4cccc(F)c4)c3CC[C@H]12. The van der Waals surface area contributed by atoms with Crippen LogP contribution in [0.4, 0.5) is 4.39 Å². The van der Waals surface area contributed by atoms with Gasteiger partial charge in [0.25, 0.3) is 0 Å². The van der Waals surface area contributed by atoms with E-state index in [1.165, 1.54) is 18.5 Å². The number of nitriles is 1. The number of carbonyl (C=O) groups excluding carboxylic acids is 1. The van der Waals surface area contributed by atoms with Crippen LogP contribution in [0.2, 0.25) is 0 Å². The number of rotatable bonds is 3. The lowest BCUT2D eigenvalue weighted by Crippen LogP contribution is -2.45. The third-order valence-corrected chi connectivity index (χ3v) is 7.87. The molecule has 0 aliphatic heterocycles. The van der Waals surface area contributed by atoms with E-state index in [2.05, 4.69) is 23.0 Å². The number of allylic oxidation sites excluding steroid dienone is 2. The topological polar surface area (TPSA) is 84.5 Å². The van der Waals surface area contributed by atoms with E-state index in [9.17, 15) is 14.4 Å². The fraction of sp³-hybridized carbons (Fsp3) is 0.233. The number of aromatic nitrogens is 4. The molecule has 0 radical (unpaired) electrons. The van der Waals surface area contributed by atoms with Gasteiger partial charge in [0.1, 0.15) is 24.0 Å². The van der Waals surface area contributed by atoms with E-state index in [4.69, 9.17) is 4.98 Å². The van der Waals surface area contributed by atoms with Gasteiger partial charge in [0.05, 0.1) is 17.0 Å². The molecule has 0 amide bonds. The molecule has 0 saturated carbocycles. The first-order valence-corrected chi connectivity index (χ1v) is 12.3. The molecule has 2 aliphatic rings. The quantitative estimate of drug-likeness (QED) is 0.373. The van der Waals surface area contributed by atoms with Crippen molar-refractivity contribution >= 4 is 5.78 Å². The number of ketones is 1. The number of hydrogen-bond acceptors (Lipinski definition) is 5. The number of benzene rings is 2. The van der Waals surface area contributed by atoms with E-state index in [0.29, 0.717) is 17.9 Å². The van der Waals surface area contributed by atoms with Crippen molar-refractivity contribution in [1.82, 2.24) is 19.5 Å². The maximum absolute atomic E-state index is 14.4. The average Bonchev–Trinajstić information content (AvgIpc) is 3.32. The molecule has 2 aliphatic carbocycles. The van der Waals surface area contributed by atoms with Crippen molar-refractivity contribution in [3.05, 3.63) is 96.1 Å². The van der Waals surface area contributed by atoms with E-state index < -0.39 is 5.41 Å². The molecule has 0 N–H and O–H groups in total. The van der Waals surface area contributed by atoms with E-state index in [-0.39, 0.29) is 29.0 Å². The summed E-state index contributed by atoms with van der Waals surface area (Å²) in [5.74, 6) is 0.0104. The maximum Gasteiger partial charge on any atom is 0.176 e. The summed E-state index contributed by atoms with van der Waals surface area (Å²) >= 11 is 0. The average molecular weight is 490 g/mol. The molecule has 0 bridgehead atoms. The molecule has 6 rings (SSSR count). The van der Waals surface area contributed by atoms with Gasteiger partial charge in [-0.15, -0.1) is 0 Å². The maximum atomic E-state index is 14.4. The van der Waals surface area contributed by atoms with Crippen LogP contribution < -0.4 is 0 Å². The van der Waals surface area contributed by atoms with Crippen molar-refractivity contribution < 1.29 is 9.18 Å². The molecule has 2 aromatic carbocycles. The summed E-state index contributed by atoms with van der Waals surface area (Å²) in [7, 11) is 0. The monoisotopic (exact) mass is 489 g/mol. The summed E-state index contributed by atoms with van der Waals surface area (Å²) in [6.45, 7) is 3.98. The molecule has 2 heterocycles. The molecule has 0 saturated heterocycles. The van der Waals surface area contributed by atoms with Crippen molar-refractivity contribution in [2.45, 2.75) is 32.1 Å². The summed E-state index contributed by atoms with van der Waals surface area (Å²) < 4.78 is 16.4. The van der Waals surface area contributed by atoms with Gasteiger partial charge in [-0.25, -0.2) is 19.3 Å². The molecule has 4 aromatic rings. The Morgan fingerprint density at radius 2 is 1.84 bits per heavy atom. The molecule has 0 spiro atoms. The minimum atomic E-state index is -0.593. The summed E-state index contributed by atoms with van der Waals surface area (Å²) in [6.07, 6.45) is 8.29. The highest BCUT2D eigenvalue weighted by molar-refractivity contribution is 6.02.